The maximum Gasteiger partial charge on any atom is 0.306 e. The summed E-state index contributed by atoms with van der Waals surface area (Å²) in [5.41, 5.74) is 10.0. The zero-order valence-electron chi connectivity index (χ0n) is 26.4. The maximum atomic E-state index is 11.0. The first-order valence-corrected chi connectivity index (χ1v) is 16.9. The monoisotopic (exact) mass is 688 g/mol. The van der Waals surface area contributed by atoms with Crippen LogP contribution < -0.4 is 0 Å². The van der Waals surface area contributed by atoms with Crippen molar-refractivity contribution in [3.63, 3.8) is 0 Å². The maximum absolute atomic E-state index is 11.0. The Morgan fingerprint density at radius 2 is 1.00 bits per heavy atom. The van der Waals surface area contributed by atoms with Crippen molar-refractivity contribution in [2.24, 2.45) is 0 Å². The number of aliphatic carboxylic acids is 2. The summed E-state index contributed by atoms with van der Waals surface area (Å²) in [5.74, 6) is -2.02. The summed E-state index contributed by atoms with van der Waals surface area (Å²) in [4.78, 5) is 26.2. The first kappa shape index (κ1) is 34.1. The van der Waals surface area contributed by atoms with Crippen LogP contribution in [0.3, 0.4) is 0 Å². The van der Waals surface area contributed by atoms with Crippen LogP contribution in [-0.2, 0) is 35.5 Å². The lowest BCUT2D eigenvalue weighted by atomic mass is 9.91. The number of carboxylic acids is 2. The van der Waals surface area contributed by atoms with E-state index in [-0.39, 0.29) is 12.8 Å². The fourth-order valence-corrected chi connectivity index (χ4v) is 7.61. The molecule has 10 heteroatoms. The molecule has 2 heterocycles. The average molecular weight is 690 g/mol. The molecule has 4 N–H and O–H groups in total. The largest absolute Gasteiger partial charge is 0.481 e. The summed E-state index contributed by atoms with van der Waals surface area (Å²) in [6.07, 6.45) is -0.750. The van der Waals surface area contributed by atoms with E-state index < -0.39 is 24.1 Å². The van der Waals surface area contributed by atoms with E-state index in [2.05, 4.69) is 46.2 Å². The van der Waals surface area contributed by atoms with Crippen molar-refractivity contribution < 1.29 is 30.0 Å². The molecular formula is C38H38Cl2N2O6. The highest BCUT2D eigenvalue weighted by Gasteiger charge is 2.23. The minimum atomic E-state index is -1.01. The van der Waals surface area contributed by atoms with Gasteiger partial charge in [-0.3, -0.25) is 19.4 Å². The predicted octanol–water partition coefficient (Wildman–Crippen LogP) is 6.38. The van der Waals surface area contributed by atoms with Crippen LogP contribution in [0.5, 0.6) is 0 Å². The van der Waals surface area contributed by atoms with Crippen LogP contribution >= 0.6 is 23.2 Å². The number of β-amino-alcohol motifs (C(OH)–C–C–N with tert-alkyl or cyclic N) is 2. The first-order valence-electron chi connectivity index (χ1n) is 16.1. The van der Waals surface area contributed by atoms with Crippen LogP contribution in [0.2, 0.25) is 10.0 Å². The van der Waals surface area contributed by atoms with Crippen LogP contribution in [0, 0.1) is 0 Å². The average Bonchev–Trinajstić information content (AvgIpc) is 3.04. The van der Waals surface area contributed by atoms with Crippen LogP contribution in [-0.4, -0.2) is 80.6 Å². The highest BCUT2D eigenvalue weighted by Crippen LogP contribution is 2.43. The van der Waals surface area contributed by atoms with Crippen LogP contribution in [0.15, 0.2) is 72.8 Å². The van der Waals surface area contributed by atoms with Crippen molar-refractivity contribution in [2.45, 2.75) is 51.0 Å². The number of hydrogen-bond donors (Lipinski definition) is 4. The zero-order valence-corrected chi connectivity index (χ0v) is 27.9. The lowest BCUT2D eigenvalue weighted by molar-refractivity contribution is -0.140. The molecule has 2 aliphatic heterocycles. The van der Waals surface area contributed by atoms with Gasteiger partial charge in [0.2, 0.25) is 0 Å². The number of carbonyl (C=O) groups is 2. The van der Waals surface area contributed by atoms with E-state index in [1.807, 2.05) is 36.4 Å². The third-order valence-electron chi connectivity index (χ3n) is 9.26. The van der Waals surface area contributed by atoms with E-state index in [1.54, 1.807) is 0 Å². The molecule has 250 valence electrons. The molecular weight excluding hydrogens is 651 g/mol. The van der Waals surface area contributed by atoms with Gasteiger partial charge >= 0.3 is 11.9 Å². The summed E-state index contributed by atoms with van der Waals surface area (Å²) in [5, 5.41) is 39.6. The quantitative estimate of drug-likeness (QED) is 0.143. The molecule has 4 aromatic rings. The fraction of sp³-hybridized carbons (Fsp3) is 0.316. The molecule has 0 amide bonds. The topological polar surface area (TPSA) is 122 Å². The van der Waals surface area contributed by atoms with Crippen molar-refractivity contribution in [3.05, 3.63) is 105 Å². The van der Waals surface area contributed by atoms with Crippen molar-refractivity contribution >= 4 is 35.1 Å². The van der Waals surface area contributed by atoms with Gasteiger partial charge in [-0.2, -0.15) is 0 Å². The molecule has 0 saturated heterocycles. The van der Waals surface area contributed by atoms with Gasteiger partial charge in [0, 0.05) is 61.5 Å². The predicted molar refractivity (Wildman–Crippen MR) is 187 cm³/mol. The lowest BCUT2D eigenvalue weighted by Gasteiger charge is -2.30. The number of hydrogen-bond acceptors (Lipinski definition) is 6. The Morgan fingerprint density at radius 1 is 0.604 bits per heavy atom. The van der Waals surface area contributed by atoms with E-state index in [4.69, 9.17) is 33.4 Å². The third kappa shape index (κ3) is 7.76. The van der Waals surface area contributed by atoms with Gasteiger partial charge in [-0.1, -0.05) is 83.9 Å². The second kappa shape index (κ2) is 14.8. The Hall–Kier alpha value is -3.76. The molecule has 4 aromatic carbocycles. The van der Waals surface area contributed by atoms with E-state index >= 15 is 0 Å². The van der Waals surface area contributed by atoms with Gasteiger partial charge in [0.05, 0.1) is 35.1 Å². The number of fused-ring (bicyclic) bond motifs is 2. The van der Waals surface area contributed by atoms with Crippen molar-refractivity contribution in [2.75, 3.05) is 26.2 Å². The highest BCUT2D eigenvalue weighted by molar-refractivity contribution is 6.39. The molecule has 8 nitrogen and oxygen atoms in total. The van der Waals surface area contributed by atoms with E-state index in [0.717, 1.165) is 70.4 Å². The standard InChI is InChI=1S/C38H38Cl2N2O6/c39-37-31(25-9-7-23-11-13-41(19-27(23)15-25)21-29(43)17-35(45)46)3-1-5-33(37)34-6-2-4-32(38(34)40)26-10-8-24-12-14-42(20-28(24)16-26)22-30(44)18-36(47)48/h1-10,15-16,29-30,43-44H,11-14,17-22H2,(H,45,46)(H,47,48). The van der Waals surface area contributed by atoms with E-state index in [0.29, 0.717) is 36.2 Å². The Bertz CT molecular complexity index is 1710. The minimum Gasteiger partial charge on any atom is -0.481 e. The Morgan fingerprint density at radius 3 is 1.40 bits per heavy atom. The molecule has 0 fully saturated rings. The summed E-state index contributed by atoms with van der Waals surface area (Å²) >= 11 is 14.3. The summed E-state index contributed by atoms with van der Waals surface area (Å²) in [6, 6.07) is 24.5. The smallest absolute Gasteiger partial charge is 0.306 e. The second-order valence-corrected chi connectivity index (χ2v) is 13.5. The van der Waals surface area contributed by atoms with Crippen molar-refractivity contribution in [1.82, 2.24) is 9.80 Å². The fourth-order valence-electron chi connectivity index (χ4n) is 6.93. The van der Waals surface area contributed by atoms with Crippen molar-refractivity contribution in [3.8, 4) is 33.4 Å². The Balaban J connectivity index is 1.25. The zero-order chi connectivity index (χ0) is 33.9. The van der Waals surface area contributed by atoms with Gasteiger partial charge in [-0.25, -0.2) is 0 Å². The number of rotatable bonds is 11. The minimum absolute atomic E-state index is 0.276. The van der Waals surface area contributed by atoms with Crippen LogP contribution in [0.25, 0.3) is 33.4 Å². The van der Waals surface area contributed by atoms with Crippen molar-refractivity contribution in [1.29, 1.82) is 0 Å². The Kier molecular flexibility index (Phi) is 10.5. The molecule has 6 rings (SSSR count). The molecule has 0 aliphatic carbocycles. The summed E-state index contributed by atoms with van der Waals surface area (Å²) in [7, 11) is 0. The van der Waals surface area contributed by atoms with Gasteiger partial charge in [0.1, 0.15) is 0 Å². The molecule has 0 spiro atoms. The lowest BCUT2D eigenvalue weighted by Crippen LogP contribution is -2.37. The number of aliphatic hydroxyl groups is 2. The van der Waals surface area contributed by atoms with E-state index in [1.165, 1.54) is 11.1 Å². The molecule has 2 aliphatic rings. The van der Waals surface area contributed by atoms with Gasteiger partial charge in [0.15, 0.2) is 0 Å². The van der Waals surface area contributed by atoms with Gasteiger partial charge in [-0.15, -0.1) is 0 Å². The second-order valence-electron chi connectivity index (χ2n) is 12.8. The van der Waals surface area contributed by atoms with Gasteiger partial charge in [0.25, 0.3) is 0 Å². The number of nitrogens with zero attached hydrogens (tertiary/aromatic N) is 2. The summed E-state index contributed by atoms with van der Waals surface area (Å²) in [6.45, 7) is 3.36. The number of halogens is 2. The van der Waals surface area contributed by atoms with Gasteiger partial charge in [-0.05, 0) is 58.4 Å². The van der Waals surface area contributed by atoms with Gasteiger partial charge < -0.3 is 20.4 Å². The normalized spacial score (nSPS) is 16.2. The molecule has 0 bridgehead atoms. The SMILES string of the molecule is O=C(O)CC(O)CN1CCc2ccc(-c3cccc(-c4cccc(-c5ccc6c(c5)CN(CC(O)CC(=O)O)CC6)c4Cl)c3Cl)cc2C1. The molecule has 0 saturated carbocycles. The highest BCUT2D eigenvalue weighted by atomic mass is 35.5. The van der Waals surface area contributed by atoms with Crippen LogP contribution in [0.1, 0.15) is 35.1 Å². The number of carboxylic acid groups (broad SMARTS) is 2. The molecule has 48 heavy (non-hydrogen) atoms. The molecule has 2 unspecified atom stereocenters. The Labute approximate surface area is 289 Å². The summed E-state index contributed by atoms with van der Waals surface area (Å²) < 4.78 is 0. The molecule has 0 radical (unpaired) electrons. The van der Waals surface area contributed by atoms with Crippen LogP contribution in [0.4, 0.5) is 0 Å². The number of benzene rings is 4. The first-order chi connectivity index (χ1) is 23.0. The number of aliphatic hydroxyl groups excluding tert-OH is 2. The van der Waals surface area contributed by atoms with E-state index in [9.17, 15) is 19.8 Å². The molecule has 2 atom stereocenters. The molecule has 0 aromatic heterocycles. The third-order valence-corrected chi connectivity index (χ3v) is 10.1.